The van der Waals surface area contributed by atoms with Crippen molar-refractivity contribution in [2.45, 2.75) is 63.6 Å². The lowest BCUT2D eigenvalue weighted by Crippen LogP contribution is -2.35. The van der Waals surface area contributed by atoms with Crippen LogP contribution in [0.3, 0.4) is 0 Å². The molecule has 5 heterocycles. The summed E-state index contributed by atoms with van der Waals surface area (Å²) in [5, 5.41) is 11.7. The Morgan fingerprint density at radius 2 is 1.76 bits per heavy atom. The third kappa shape index (κ3) is 3.92. The highest BCUT2D eigenvalue weighted by atomic mass is 16.5. The molecule has 34 heavy (non-hydrogen) atoms. The molecular weight excluding hydrogens is 428 g/mol. The molecule has 1 saturated carbocycles. The molecule has 0 aromatic carbocycles. The summed E-state index contributed by atoms with van der Waals surface area (Å²) < 4.78 is 9.83. The maximum atomic E-state index is 5.57. The van der Waals surface area contributed by atoms with Crippen LogP contribution in [0.15, 0.2) is 30.7 Å². The molecule has 1 aliphatic carbocycles. The minimum atomic E-state index is 0.404. The predicted octanol–water partition coefficient (Wildman–Crippen LogP) is 3.74. The molecule has 1 aliphatic heterocycles. The van der Waals surface area contributed by atoms with Crippen molar-refractivity contribution in [2.75, 3.05) is 25.6 Å². The van der Waals surface area contributed by atoms with Gasteiger partial charge in [0.05, 0.1) is 17.2 Å². The number of hydrogen-bond donors (Lipinski definition) is 2. The van der Waals surface area contributed by atoms with Crippen molar-refractivity contribution >= 4 is 22.6 Å². The largest absolute Gasteiger partial charge is 0.381 e. The first-order valence-corrected chi connectivity index (χ1v) is 12.4. The average Bonchev–Trinajstić information content (AvgIpc) is 3.44. The highest BCUT2D eigenvalue weighted by Gasteiger charge is 2.22. The van der Waals surface area contributed by atoms with E-state index in [0.717, 1.165) is 72.5 Å². The normalized spacial score (nSPS) is 21.9. The van der Waals surface area contributed by atoms with Gasteiger partial charge in [0.2, 0.25) is 5.95 Å². The van der Waals surface area contributed by atoms with Crippen molar-refractivity contribution in [3.63, 3.8) is 0 Å². The summed E-state index contributed by atoms with van der Waals surface area (Å²) in [6.07, 6.45) is 12.5. The Hall–Kier alpha value is -3.04. The van der Waals surface area contributed by atoms with Gasteiger partial charge in [0.25, 0.3) is 0 Å². The number of aromatic nitrogens is 6. The summed E-state index contributed by atoms with van der Waals surface area (Å²) >= 11 is 0. The Kier molecular flexibility index (Phi) is 5.66. The minimum Gasteiger partial charge on any atom is -0.381 e. The van der Waals surface area contributed by atoms with Crippen LogP contribution >= 0.6 is 0 Å². The van der Waals surface area contributed by atoms with Crippen LogP contribution in [-0.2, 0) is 4.74 Å². The van der Waals surface area contributed by atoms with E-state index in [1.165, 1.54) is 12.8 Å². The fourth-order valence-corrected chi connectivity index (χ4v) is 5.56. The lowest BCUT2D eigenvalue weighted by molar-refractivity contribution is 0.0701. The van der Waals surface area contributed by atoms with Crippen LogP contribution in [0.1, 0.15) is 50.4 Å². The maximum absolute atomic E-state index is 5.57. The molecule has 9 nitrogen and oxygen atoms in total. The number of ether oxygens (including phenoxy) is 1. The zero-order valence-corrected chi connectivity index (χ0v) is 19.9. The SMILES string of the molecule is CN[C@H]1CC[C@H](Nc2ncc3c(-c4cnc5nc(C)n(C6CCOCC6)c5c4)ccn3n2)CC1. The number of fused-ring (bicyclic) bond motifs is 2. The Bertz CT molecular complexity index is 1300. The number of anilines is 1. The number of hydrogen-bond acceptors (Lipinski definition) is 7. The van der Waals surface area contributed by atoms with Crippen LogP contribution in [0, 0.1) is 6.92 Å². The molecule has 4 aromatic rings. The average molecular weight is 461 g/mol. The molecule has 4 aromatic heterocycles. The van der Waals surface area contributed by atoms with Crippen LogP contribution in [-0.4, -0.2) is 61.5 Å². The van der Waals surface area contributed by atoms with E-state index in [2.05, 4.69) is 39.2 Å². The smallest absolute Gasteiger partial charge is 0.241 e. The fraction of sp³-hybridized carbons (Fsp3) is 0.520. The number of rotatable bonds is 5. The van der Waals surface area contributed by atoms with E-state index in [1.54, 1.807) is 0 Å². The van der Waals surface area contributed by atoms with Crippen molar-refractivity contribution in [1.82, 2.24) is 34.4 Å². The van der Waals surface area contributed by atoms with E-state index in [-0.39, 0.29) is 0 Å². The van der Waals surface area contributed by atoms with Gasteiger partial charge in [-0.25, -0.2) is 19.5 Å². The molecule has 0 amide bonds. The van der Waals surface area contributed by atoms with Crippen molar-refractivity contribution in [2.24, 2.45) is 0 Å². The van der Waals surface area contributed by atoms with Crippen LogP contribution < -0.4 is 10.6 Å². The fourth-order valence-electron chi connectivity index (χ4n) is 5.56. The maximum Gasteiger partial charge on any atom is 0.241 e. The molecule has 1 saturated heterocycles. The van der Waals surface area contributed by atoms with Gasteiger partial charge in [-0.1, -0.05) is 0 Å². The zero-order chi connectivity index (χ0) is 23.1. The lowest BCUT2D eigenvalue weighted by atomic mass is 9.91. The third-order valence-corrected chi connectivity index (χ3v) is 7.48. The highest BCUT2D eigenvalue weighted by molar-refractivity contribution is 5.85. The molecule has 0 atom stereocenters. The molecule has 6 rings (SSSR count). The van der Waals surface area contributed by atoms with Crippen molar-refractivity contribution in [1.29, 1.82) is 0 Å². The molecule has 0 spiro atoms. The van der Waals surface area contributed by atoms with Gasteiger partial charge in [-0.3, -0.25) is 0 Å². The van der Waals surface area contributed by atoms with Crippen LogP contribution in [0.4, 0.5) is 5.95 Å². The summed E-state index contributed by atoms with van der Waals surface area (Å²) in [4.78, 5) is 14.1. The Morgan fingerprint density at radius 1 is 0.971 bits per heavy atom. The van der Waals surface area contributed by atoms with Gasteiger partial charge in [-0.15, -0.1) is 5.10 Å². The van der Waals surface area contributed by atoms with Gasteiger partial charge in [0.15, 0.2) is 5.65 Å². The van der Waals surface area contributed by atoms with E-state index in [0.29, 0.717) is 24.1 Å². The van der Waals surface area contributed by atoms with Crippen molar-refractivity contribution in [3.05, 3.63) is 36.5 Å². The first kappa shape index (κ1) is 21.5. The molecule has 2 fully saturated rings. The molecule has 0 unspecified atom stereocenters. The van der Waals surface area contributed by atoms with Crippen LogP contribution in [0.2, 0.25) is 0 Å². The van der Waals surface area contributed by atoms with E-state index < -0.39 is 0 Å². The van der Waals surface area contributed by atoms with Crippen LogP contribution in [0.5, 0.6) is 0 Å². The summed E-state index contributed by atoms with van der Waals surface area (Å²) in [6.45, 7) is 3.66. The van der Waals surface area contributed by atoms with Gasteiger partial charge >= 0.3 is 0 Å². The first-order chi connectivity index (χ1) is 16.7. The van der Waals surface area contributed by atoms with Gasteiger partial charge < -0.3 is 19.9 Å². The second-order valence-corrected chi connectivity index (χ2v) is 9.56. The second-order valence-electron chi connectivity index (χ2n) is 9.56. The molecular formula is C25H32N8O. The third-order valence-electron chi connectivity index (χ3n) is 7.48. The quantitative estimate of drug-likeness (QED) is 0.468. The topological polar surface area (TPSA) is 94.2 Å². The van der Waals surface area contributed by atoms with Gasteiger partial charge in [-0.05, 0) is 64.6 Å². The predicted molar refractivity (Wildman–Crippen MR) is 132 cm³/mol. The summed E-state index contributed by atoms with van der Waals surface area (Å²) in [5.41, 5.74) is 4.98. The molecule has 2 aliphatic rings. The molecule has 0 bridgehead atoms. The van der Waals surface area contributed by atoms with E-state index >= 15 is 0 Å². The number of aryl methyl sites for hydroxylation is 1. The standard InChI is InChI=1S/C25H32N8O/c1-16-29-24-22(33(16)20-8-11-34-12-9-20)13-17(14-27-24)21-7-10-32-23(21)15-28-25(31-32)30-19-5-3-18(26-2)4-6-19/h7,10,13-15,18-20,26H,3-6,8-9,11-12H2,1-2H3,(H,30,31)/t18-,19-. The molecule has 9 heteroatoms. The van der Waals surface area contributed by atoms with E-state index in [4.69, 9.17) is 19.8 Å². The number of imidazole rings is 1. The Balaban J connectivity index is 1.28. The number of nitrogens with zero attached hydrogens (tertiary/aromatic N) is 6. The second kappa shape index (κ2) is 8.96. The molecule has 2 N–H and O–H groups in total. The molecule has 0 radical (unpaired) electrons. The van der Waals surface area contributed by atoms with E-state index in [1.807, 2.05) is 30.2 Å². The highest BCUT2D eigenvalue weighted by Crippen LogP contribution is 2.31. The Morgan fingerprint density at radius 3 is 2.56 bits per heavy atom. The number of nitrogens with one attached hydrogen (secondary N) is 2. The zero-order valence-electron chi connectivity index (χ0n) is 19.9. The minimum absolute atomic E-state index is 0.404. The summed E-state index contributed by atoms with van der Waals surface area (Å²) in [5.74, 6) is 1.69. The van der Waals surface area contributed by atoms with Crippen LogP contribution in [0.25, 0.3) is 27.8 Å². The summed E-state index contributed by atoms with van der Waals surface area (Å²) in [7, 11) is 2.05. The lowest BCUT2D eigenvalue weighted by Gasteiger charge is -2.28. The van der Waals surface area contributed by atoms with Gasteiger partial charge in [-0.2, -0.15) is 0 Å². The van der Waals surface area contributed by atoms with E-state index in [9.17, 15) is 0 Å². The Labute approximate surface area is 199 Å². The first-order valence-electron chi connectivity index (χ1n) is 12.4. The van der Waals surface area contributed by atoms with Gasteiger partial charge in [0.1, 0.15) is 5.82 Å². The van der Waals surface area contributed by atoms with Crippen molar-refractivity contribution in [3.8, 4) is 11.1 Å². The monoisotopic (exact) mass is 460 g/mol. The van der Waals surface area contributed by atoms with Gasteiger partial charge in [0, 0.05) is 54.9 Å². The van der Waals surface area contributed by atoms with Crippen molar-refractivity contribution < 1.29 is 4.74 Å². The molecule has 178 valence electrons. The summed E-state index contributed by atoms with van der Waals surface area (Å²) in [6, 6.07) is 5.76. The number of pyridine rings is 1.